The van der Waals surface area contributed by atoms with Gasteiger partial charge in [-0.15, -0.1) is 0 Å². The summed E-state index contributed by atoms with van der Waals surface area (Å²) in [5, 5.41) is 8.67. The van der Waals surface area contributed by atoms with E-state index >= 15 is 0 Å². The van der Waals surface area contributed by atoms with Crippen molar-refractivity contribution >= 4 is 29.3 Å². The minimum atomic E-state index is -4.37. The van der Waals surface area contributed by atoms with Crippen LogP contribution in [0.25, 0.3) is 6.08 Å². The van der Waals surface area contributed by atoms with Crippen LogP contribution in [0.1, 0.15) is 5.56 Å². The molecule has 0 bridgehead atoms. The summed E-state index contributed by atoms with van der Waals surface area (Å²) in [7, 11) is 1.24. The number of anilines is 1. The molecule has 1 aromatic rings. The van der Waals surface area contributed by atoms with Crippen LogP contribution in [0.5, 0.6) is 0 Å². The summed E-state index contributed by atoms with van der Waals surface area (Å²) in [6, 6.07) is 4.48. The summed E-state index contributed by atoms with van der Waals surface area (Å²) >= 11 is 5.88. The van der Waals surface area contributed by atoms with E-state index in [-0.39, 0.29) is 10.7 Å². The van der Waals surface area contributed by atoms with Gasteiger partial charge in [-0.2, -0.15) is 13.2 Å². The number of benzene rings is 1. The van der Waals surface area contributed by atoms with Crippen molar-refractivity contribution in [2.45, 2.75) is 6.18 Å². The van der Waals surface area contributed by atoms with Crippen molar-refractivity contribution in [3.63, 3.8) is 0 Å². The second kappa shape index (κ2) is 5.97. The number of halogens is 4. The zero-order chi connectivity index (χ0) is 14.6. The maximum atomic E-state index is 12.4. The molecule has 7 heteroatoms. The Balaban J connectivity index is 3.14. The van der Waals surface area contributed by atoms with Gasteiger partial charge in [-0.05, 0) is 17.7 Å². The number of carboxylic acid groups (broad SMARTS) is 1. The van der Waals surface area contributed by atoms with E-state index in [0.29, 0.717) is 5.56 Å². The molecule has 0 fully saturated rings. The van der Waals surface area contributed by atoms with E-state index < -0.39 is 18.7 Å². The molecule has 0 spiro atoms. The molecule has 0 atom stereocenters. The summed E-state index contributed by atoms with van der Waals surface area (Å²) in [5.41, 5.74) is 0.445. The van der Waals surface area contributed by atoms with Gasteiger partial charge in [0.15, 0.2) is 0 Å². The van der Waals surface area contributed by atoms with Crippen LogP contribution in [0.15, 0.2) is 24.3 Å². The van der Waals surface area contributed by atoms with Gasteiger partial charge in [-0.25, -0.2) is 4.79 Å². The number of carbonyl (C=O) groups is 1. The van der Waals surface area contributed by atoms with Crippen LogP contribution in [0.2, 0.25) is 5.02 Å². The molecule has 0 unspecified atom stereocenters. The van der Waals surface area contributed by atoms with Crippen LogP contribution in [0.4, 0.5) is 18.9 Å². The maximum absolute atomic E-state index is 12.4. The molecule has 0 heterocycles. The number of hydrogen-bond donors (Lipinski definition) is 1. The third kappa shape index (κ3) is 4.82. The number of para-hydroxylation sites is 1. The molecule has 0 amide bonds. The quantitative estimate of drug-likeness (QED) is 0.865. The van der Waals surface area contributed by atoms with E-state index in [0.717, 1.165) is 11.0 Å². The van der Waals surface area contributed by atoms with Crippen molar-refractivity contribution in [3.8, 4) is 0 Å². The lowest BCUT2D eigenvalue weighted by atomic mass is 10.1. The summed E-state index contributed by atoms with van der Waals surface area (Å²) in [5.74, 6) is -1.19. The highest BCUT2D eigenvalue weighted by Gasteiger charge is 2.30. The summed E-state index contributed by atoms with van der Waals surface area (Å²) < 4.78 is 37.1. The van der Waals surface area contributed by atoms with Crippen LogP contribution < -0.4 is 4.90 Å². The average Bonchev–Trinajstić information content (AvgIpc) is 2.23. The van der Waals surface area contributed by atoms with Crippen molar-refractivity contribution in [1.29, 1.82) is 0 Å². The van der Waals surface area contributed by atoms with Crippen molar-refractivity contribution < 1.29 is 23.1 Å². The first kappa shape index (κ1) is 15.4. The number of aliphatic carboxylic acids is 1. The van der Waals surface area contributed by atoms with Crippen molar-refractivity contribution in [1.82, 2.24) is 0 Å². The Hall–Kier alpha value is -1.69. The Morgan fingerprint density at radius 1 is 1.47 bits per heavy atom. The number of carboxylic acids is 1. The van der Waals surface area contributed by atoms with Crippen molar-refractivity contribution in [3.05, 3.63) is 34.9 Å². The Bertz CT molecular complexity index is 500. The van der Waals surface area contributed by atoms with Gasteiger partial charge >= 0.3 is 12.1 Å². The molecule has 1 aromatic carbocycles. The van der Waals surface area contributed by atoms with E-state index in [4.69, 9.17) is 16.7 Å². The normalized spacial score (nSPS) is 11.8. The monoisotopic (exact) mass is 293 g/mol. The van der Waals surface area contributed by atoms with Gasteiger partial charge < -0.3 is 10.0 Å². The summed E-state index contributed by atoms with van der Waals surface area (Å²) in [6.07, 6.45) is -2.32. The minimum absolute atomic E-state index is 0.124. The highest BCUT2D eigenvalue weighted by atomic mass is 35.5. The minimum Gasteiger partial charge on any atom is -0.478 e. The van der Waals surface area contributed by atoms with E-state index in [2.05, 4.69) is 0 Å². The fourth-order valence-corrected chi connectivity index (χ4v) is 1.90. The molecule has 1 N–H and O–H groups in total. The van der Waals surface area contributed by atoms with Crippen LogP contribution >= 0.6 is 11.6 Å². The Morgan fingerprint density at radius 2 is 2.11 bits per heavy atom. The van der Waals surface area contributed by atoms with Crippen LogP contribution in [-0.2, 0) is 4.79 Å². The average molecular weight is 294 g/mol. The molecule has 104 valence electrons. The van der Waals surface area contributed by atoms with Gasteiger partial charge in [0.1, 0.15) is 6.54 Å². The molecule has 3 nitrogen and oxygen atoms in total. The van der Waals surface area contributed by atoms with Crippen molar-refractivity contribution in [2.75, 3.05) is 18.5 Å². The molecule has 1 rings (SSSR count). The van der Waals surface area contributed by atoms with Gasteiger partial charge in [0.25, 0.3) is 0 Å². The summed E-state index contributed by atoms with van der Waals surface area (Å²) in [6.45, 7) is -1.18. The Labute approximate surface area is 112 Å². The largest absolute Gasteiger partial charge is 0.478 e. The van der Waals surface area contributed by atoms with Gasteiger partial charge in [-0.3, -0.25) is 0 Å². The van der Waals surface area contributed by atoms with Crippen LogP contribution in [0, 0.1) is 0 Å². The predicted octanol–water partition coefficient (Wildman–Crippen LogP) is 3.44. The van der Waals surface area contributed by atoms with Gasteiger partial charge in [0.05, 0.1) is 10.7 Å². The number of nitrogens with zero attached hydrogens (tertiary/aromatic N) is 1. The van der Waals surface area contributed by atoms with Gasteiger partial charge in [0, 0.05) is 13.1 Å². The first-order valence-electron chi connectivity index (χ1n) is 5.18. The van der Waals surface area contributed by atoms with E-state index in [1.54, 1.807) is 0 Å². The highest BCUT2D eigenvalue weighted by molar-refractivity contribution is 6.33. The lowest BCUT2D eigenvalue weighted by Crippen LogP contribution is -2.31. The standard InChI is InChI=1S/C12H11ClF3NO2/c1-17(7-12(14,15)16)11-8(5-6-10(18)19)3-2-4-9(11)13/h2-6H,7H2,1H3,(H,18,19)/b6-5+. The smallest absolute Gasteiger partial charge is 0.405 e. The molecule has 0 aliphatic rings. The third-order valence-electron chi connectivity index (χ3n) is 2.22. The first-order valence-corrected chi connectivity index (χ1v) is 5.56. The van der Waals surface area contributed by atoms with E-state index in [1.807, 2.05) is 0 Å². The van der Waals surface area contributed by atoms with Gasteiger partial charge in [-0.1, -0.05) is 23.7 Å². The van der Waals surface area contributed by atoms with Gasteiger partial charge in [0.2, 0.25) is 0 Å². The third-order valence-corrected chi connectivity index (χ3v) is 2.53. The maximum Gasteiger partial charge on any atom is 0.405 e. The zero-order valence-corrected chi connectivity index (χ0v) is 10.7. The lowest BCUT2D eigenvalue weighted by molar-refractivity contribution is -0.131. The molecular weight excluding hydrogens is 283 g/mol. The second-order valence-corrected chi connectivity index (χ2v) is 4.23. The van der Waals surface area contributed by atoms with E-state index in [9.17, 15) is 18.0 Å². The molecule has 0 radical (unpaired) electrons. The molecule has 0 aliphatic heterocycles. The first-order chi connectivity index (χ1) is 8.70. The van der Waals surface area contributed by atoms with Crippen LogP contribution in [-0.4, -0.2) is 30.8 Å². The lowest BCUT2D eigenvalue weighted by Gasteiger charge is -2.23. The number of hydrogen-bond acceptors (Lipinski definition) is 2. The number of rotatable bonds is 4. The SMILES string of the molecule is CN(CC(F)(F)F)c1c(Cl)cccc1/C=C/C(=O)O. The zero-order valence-electron chi connectivity index (χ0n) is 9.91. The number of alkyl halides is 3. The summed E-state index contributed by atoms with van der Waals surface area (Å²) in [4.78, 5) is 11.4. The topological polar surface area (TPSA) is 40.5 Å². The van der Waals surface area contributed by atoms with Crippen molar-refractivity contribution in [2.24, 2.45) is 0 Å². The molecule has 19 heavy (non-hydrogen) atoms. The predicted molar refractivity (Wildman–Crippen MR) is 67.4 cm³/mol. The second-order valence-electron chi connectivity index (χ2n) is 3.82. The highest BCUT2D eigenvalue weighted by Crippen LogP contribution is 2.32. The Morgan fingerprint density at radius 3 is 2.63 bits per heavy atom. The molecule has 0 saturated carbocycles. The molecular formula is C12H11ClF3NO2. The van der Waals surface area contributed by atoms with E-state index in [1.165, 1.54) is 31.3 Å². The molecule has 0 saturated heterocycles. The molecule has 0 aromatic heterocycles. The Kier molecular flexibility index (Phi) is 4.83. The molecule has 0 aliphatic carbocycles. The fraction of sp³-hybridized carbons (Fsp3) is 0.250. The fourth-order valence-electron chi connectivity index (χ4n) is 1.58. The van der Waals surface area contributed by atoms with Crippen LogP contribution in [0.3, 0.4) is 0 Å².